The summed E-state index contributed by atoms with van der Waals surface area (Å²) in [6.07, 6.45) is 3.56. The first-order valence-corrected chi connectivity index (χ1v) is 7.24. The molecular formula is C14H19BrN2O. The van der Waals surface area contributed by atoms with Crippen LogP contribution in [-0.4, -0.2) is 26.0 Å². The first-order valence-electron chi connectivity index (χ1n) is 6.44. The minimum Gasteiger partial charge on any atom is -0.361 e. The zero-order chi connectivity index (χ0) is 13.1. The number of nitrogens with zero attached hydrogens (tertiary/aromatic N) is 2. The van der Waals surface area contributed by atoms with Gasteiger partial charge in [-0.3, -0.25) is 4.79 Å². The molecule has 0 saturated carbocycles. The van der Waals surface area contributed by atoms with Gasteiger partial charge in [0.1, 0.15) is 0 Å². The zero-order valence-corrected chi connectivity index (χ0v) is 12.5. The van der Waals surface area contributed by atoms with Gasteiger partial charge < -0.3 is 9.80 Å². The second-order valence-electron chi connectivity index (χ2n) is 4.71. The van der Waals surface area contributed by atoms with E-state index in [2.05, 4.69) is 33.8 Å². The largest absolute Gasteiger partial charge is 0.361 e. The number of halogens is 1. The van der Waals surface area contributed by atoms with E-state index in [0.717, 1.165) is 28.8 Å². The third-order valence-corrected chi connectivity index (χ3v) is 3.86. The Bertz CT molecular complexity index is 447. The van der Waals surface area contributed by atoms with Gasteiger partial charge in [-0.25, -0.2) is 0 Å². The maximum Gasteiger partial charge on any atom is 0.246 e. The minimum absolute atomic E-state index is 0.164. The summed E-state index contributed by atoms with van der Waals surface area (Å²) in [4.78, 5) is 15.9. The van der Waals surface area contributed by atoms with Crippen molar-refractivity contribution in [2.75, 3.05) is 29.9 Å². The van der Waals surface area contributed by atoms with E-state index >= 15 is 0 Å². The average Bonchev–Trinajstić information content (AvgIpc) is 2.35. The van der Waals surface area contributed by atoms with Crippen molar-refractivity contribution in [1.29, 1.82) is 0 Å². The molecule has 1 aliphatic heterocycles. The molecule has 1 heterocycles. The molecule has 2 rings (SSSR count). The summed E-state index contributed by atoms with van der Waals surface area (Å²) in [5, 5.41) is 0. The molecule has 0 unspecified atom stereocenters. The van der Waals surface area contributed by atoms with Gasteiger partial charge >= 0.3 is 0 Å². The van der Waals surface area contributed by atoms with Gasteiger partial charge in [0.25, 0.3) is 0 Å². The standard InChI is InChI=1S/C14H19BrN2O/c1-3-4-5-8-17-10-14(18)16(2)13-9-11(15)6-7-12(13)17/h6-7,9H,3-5,8,10H2,1-2H3. The molecular weight excluding hydrogens is 292 g/mol. The molecule has 1 amide bonds. The predicted octanol–water partition coefficient (Wildman–Crippen LogP) is 3.42. The fourth-order valence-electron chi connectivity index (χ4n) is 2.27. The van der Waals surface area contributed by atoms with Crippen molar-refractivity contribution < 1.29 is 4.79 Å². The summed E-state index contributed by atoms with van der Waals surface area (Å²) in [5.41, 5.74) is 2.16. The van der Waals surface area contributed by atoms with E-state index in [9.17, 15) is 4.79 Å². The van der Waals surface area contributed by atoms with Gasteiger partial charge in [-0.1, -0.05) is 35.7 Å². The highest BCUT2D eigenvalue weighted by atomic mass is 79.9. The van der Waals surface area contributed by atoms with E-state index in [4.69, 9.17) is 0 Å². The Kier molecular flexibility index (Phi) is 4.27. The summed E-state index contributed by atoms with van der Waals surface area (Å²) in [7, 11) is 1.84. The van der Waals surface area contributed by atoms with Gasteiger partial charge in [0.2, 0.25) is 5.91 Å². The van der Waals surface area contributed by atoms with Crippen molar-refractivity contribution in [3.05, 3.63) is 22.7 Å². The lowest BCUT2D eigenvalue weighted by Gasteiger charge is -2.35. The van der Waals surface area contributed by atoms with Gasteiger partial charge in [0, 0.05) is 18.1 Å². The Balaban J connectivity index is 2.24. The number of rotatable bonds is 4. The van der Waals surface area contributed by atoms with Crippen LogP contribution >= 0.6 is 15.9 Å². The smallest absolute Gasteiger partial charge is 0.246 e. The molecule has 0 N–H and O–H groups in total. The van der Waals surface area contributed by atoms with E-state index in [-0.39, 0.29) is 5.91 Å². The zero-order valence-electron chi connectivity index (χ0n) is 10.9. The molecule has 3 nitrogen and oxygen atoms in total. The second kappa shape index (κ2) is 5.74. The van der Waals surface area contributed by atoms with Crippen LogP contribution in [0.2, 0.25) is 0 Å². The molecule has 0 aromatic heterocycles. The van der Waals surface area contributed by atoms with Gasteiger partial charge in [-0.05, 0) is 24.6 Å². The lowest BCUT2D eigenvalue weighted by atomic mass is 10.1. The third kappa shape index (κ3) is 2.69. The summed E-state index contributed by atoms with van der Waals surface area (Å²) in [6, 6.07) is 6.14. The maximum absolute atomic E-state index is 12.0. The Morgan fingerprint density at radius 2 is 2.06 bits per heavy atom. The van der Waals surface area contributed by atoms with Gasteiger partial charge in [-0.2, -0.15) is 0 Å². The van der Waals surface area contributed by atoms with Crippen LogP contribution in [0, 0.1) is 0 Å². The number of carbonyl (C=O) groups is 1. The normalized spacial score (nSPS) is 14.9. The van der Waals surface area contributed by atoms with E-state index < -0.39 is 0 Å². The Labute approximate surface area is 117 Å². The Morgan fingerprint density at radius 1 is 1.28 bits per heavy atom. The van der Waals surface area contributed by atoms with Crippen LogP contribution in [0.4, 0.5) is 11.4 Å². The molecule has 0 radical (unpaired) electrons. The highest BCUT2D eigenvalue weighted by molar-refractivity contribution is 9.10. The molecule has 0 saturated heterocycles. The van der Waals surface area contributed by atoms with Crippen molar-refractivity contribution >= 4 is 33.2 Å². The van der Waals surface area contributed by atoms with Crippen molar-refractivity contribution in [3.8, 4) is 0 Å². The molecule has 18 heavy (non-hydrogen) atoms. The van der Waals surface area contributed by atoms with E-state index in [0.29, 0.717) is 6.54 Å². The van der Waals surface area contributed by atoms with Crippen molar-refractivity contribution in [1.82, 2.24) is 0 Å². The Hall–Kier alpha value is -1.03. The summed E-state index contributed by atoms with van der Waals surface area (Å²) in [6.45, 7) is 3.65. The molecule has 0 spiro atoms. The molecule has 4 heteroatoms. The lowest BCUT2D eigenvalue weighted by molar-refractivity contribution is -0.117. The topological polar surface area (TPSA) is 23.6 Å². The second-order valence-corrected chi connectivity index (χ2v) is 5.63. The molecule has 0 atom stereocenters. The minimum atomic E-state index is 0.164. The molecule has 98 valence electrons. The number of likely N-dealkylation sites (N-methyl/N-ethyl adjacent to an activating group) is 1. The highest BCUT2D eigenvalue weighted by Gasteiger charge is 2.26. The summed E-state index contributed by atoms with van der Waals surface area (Å²) >= 11 is 3.47. The number of hydrogen-bond acceptors (Lipinski definition) is 2. The molecule has 1 aromatic carbocycles. The van der Waals surface area contributed by atoms with Crippen molar-refractivity contribution in [3.63, 3.8) is 0 Å². The first kappa shape index (κ1) is 13.4. The predicted molar refractivity (Wildman–Crippen MR) is 79.3 cm³/mol. The number of unbranched alkanes of at least 4 members (excludes halogenated alkanes) is 2. The number of benzene rings is 1. The van der Waals surface area contributed by atoms with Crippen LogP contribution in [-0.2, 0) is 4.79 Å². The van der Waals surface area contributed by atoms with Crippen molar-refractivity contribution in [2.45, 2.75) is 26.2 Å². The van der Waals surface area contributed by atoms with Gasteiger partial charge in [-0.15, -0.1) is 0 Å². The SMILES string of the molecule is CCCCCN1CC(=O)N(C)c2cc(Br)ccc21. The third-order valence-electron chi connectivity index (χ3n) is 3.37. The van der Waals surface area contributed by atoms with Crippen LogP contribution in [0.5, 0.6) is 0 Å². The number of hydrogen-bond donors (Lipinski definition) is 0. The fraction of sp³-hybridized carbons (Fsp3) is 0.500. The van der Waals surface area contributed by atoms with Crippen molar-refractivity contribution in [2.24, 2.45) is 0 Å². The average molecular weight is 311 g/mol. The van der Waals surface area contributed by atoms with E-state index in [1.165, 1.54) is 12.8 Å². The van der Waals surface area contributed by atoms with Crippen LogP contribution in [0.15, 0.2) is 22.7 Å². The van der Waals surface area contributed by atoms with Crippen LogP contribution in [0.25, 0.3) is 0 Å². The molecule has 1 aromatic rings. The number of anilines is 2. The van der Waals surface area contributed by atoms with Crippen LogP contribution in [0.1, 0.15) is 26.2 Å². The van der Waals surface area contributed by atoms with E-state index in [1.807, 2.05) is 19.2 Å². The number of fused-ring (bicyclic) bond motifs is 1. The van der Waals surface area contributed by atoms with Crippen LogP contribution < -0.4 is 9.80 Å². The summed E-state index contributed by atoms with van der Waals surface area (Å²) in [5.74, 6) is 0.164. The van der Waals surface area contributed by atoms with Gasteiger partial charge in [0.05, 0.1) is 17.9 Å². The monoisotopic (exact) mass is 310 g/mol. The summed E-state index contributed by atoms with van der Waals surface area (Å²) < 4.78 is 1.01. The fourth-order valence-corrected chi connectivity index (χ4v) is 2.62. The number of amides is 1. The maximum atomic E-state index is 12.0. The first-order chi connectivity index (χ1) is 8.63. The van der Waals surface area contributed by atoms with Crippen LogP contribution in [0.3, 0.4) is 0 Å². The number of carbonyl (C=O) groups excluding carboxylic acids is 1. The highest BCUT2D eigenvalue weighted by Crippen LogP contribution is 2.35. The molecule has 0 aliphatic carbocycles. The quantitative estimate of drug-likeness (QED) is 0.796. The molecule has 0 fully saturated rings. The molecule has 1 aliphatic rings. The van der Waals surface area contributed by atoms with Gasteiger partial charge in [0.15, 0.2) is 0 Å². The molecule has 0 bridgehead atoms. The van der Waals surface area contributed by atoms with E-state index in [1.54, 1.807) is 4.90 Å². The Morgan fingerprint density at radius 3 is 2.78 bits per heavy atom. The lowest BCUT2D eigenvalue weighted by Crippen LogP contribution is -2.44.